The summed E-state index contributed by atoms with van der Waals surface area (Å²) in [7, 11) is 0. The Bertz CT molecular complexity index is 847. The van der Waals surface area contributed by atoms with Gasteiger partial charge in [0.15, 0.2) is 0 Å². The molecule has 2 aromatic rings. The molecule has 0 saturated carbocycles. The molecule has 2 aliphatic rings. The summed E-state index contributed by atoms with van der Waals surface area (Å²) in [5, 5.41) is 0. The Morgan fingerprint density at radius 3 is 2.54 bits per heavy atom. The maximum atomic E-state index is 12.0. The van der Waals surface area contributed by atoms with Crippen molar-refractivity contribution in [1.29, 1.82) is 0 Å². The molecular weight excluding hydrogens is 324 g/mol. The molecule has 26 heavy (non-hydrogen) atoms. The maximum Gasteiger partial charge on any atom is 0.409 e. The molecule has 1 saturated heterocycles. The van der Waals surface area contributed by atoms with E-state index in [4.69, 9.17) is 4.74 Å². The van der Waals surface area contributed by atoms with E-state index in [9.17, 15) is 4.79 Å². The molecule has 0 atom stereocenters. The first-order valence-electron chi connectivity index (χ1n) is 9.40. The van der Waals surface area contributed by atoms with E-state index in [1.54, 1.807) is 0 Å². The van der Waals surface area contributed by atoms with Crippen LogP contribution in [-0.4, -0.2) is 35.7 Å². The van der Waals surface area contributed by atoms with Crippen molar-refractivity contribution in [3.8, 4) is 0 Å². The number of pyridine rings is 1. The highest BCUT2D eigenvalue weighted by atomic mass is 16.6. The Balaban J connectivity index is 1.67. The third-order valence-electron chi connectivity index (χ3n) is 5.38. The van der Waals surface area contributed by atoms with E-state index < -0.39 is 0 Å². The number of likely N-dealkylation sites (tertiary alicyclic amines) is 1. The minimum absolute atomic E-state index is 0.190. The lowest BCUT2D eigenvalue weighted by Crippen LogP contribution is -2.37. The minimum Gasteiger partial charge on any atom is -0.450 e. The molecule has 1 aromatic heterocycles. The largest absolute Gasteiger partial charge is 0.450 e. The van der Waals surface area contributed by atoms with Crippen molar-refractivity contribution >= 4 is 11.7 Å². The molecule has 1 amide bonds. The van der Waals surface area contributed by atoms with Crippen LogP contribution in [0.3, 0.4) is 0 Å². The summed E-state index contributed by atoms with van der Waals surface area (Å²) < 4.78 is 5.15. The molecule has 4 nitrogen and oxygen atoms in total. The number of aromatic nitrogens is 1. The normalized spacial score (nSPS) is 16.6. The average Bonchev–Trinajstić information content (AvgIpc) is 2.85. The van der Waals surface area contributed by atoms with Crippen molar-refractivity contribution in [2.75, 3.05) is 19.7 Å². The minimum atomic E-state index is -0.190. The maximum absolute atomic E-state index is 12.0. The number of carbonyl (C=O) groups excluding carboxylic acids is 1. The first-order valence-corrected chi connectivity index (χ1v) is 9.40. The summed E-state index contributed by atoms with van der Waals surface area (Å²) in [6.45, 7) is 3.74. The molecule has 1 aliphatic heterocycles. The third-order valence-corrected chi connectivity index (χ3v) is 5.38. The number of fused-ring (bicyclic) bond motifs is 2. The highest BCUT2D eigenvalue weighted by Gasteiger charge is 2.25. The van der Waals surface area contributed by atoms with Crippen LogP contribution in [0, 0.1) is 0 Å². The quantitative estimate of drug-likeness (QED) is 0.774. The van der Waals surface area contributed by atoms with Gasteiger partial charge in [0, 0.05) is 25.7 Å². The van der Waals surface area contributed by atoms with E-state index in [0.717, 1.165) is 44.5 Å². The molecule has 2 heterocycles. The van der Waals surface area contributed by atoms with E-state index >= 15 is 0 Å². The Morgan fingerprint density at radius 2 is 1.81 bits per heavy atom. The smallest absolute Gasteiger partial charge is 0.409 e. The number of hydrogen-bond acceptors (Lipinski definition) is 3. The summed E-state index contributed by atoms with van der Waals surface area (Å²) in [6.07, 6.45) is 5.35. The van der Waals surface area contributed by atoms with Gasteiger partial charge in [-0.1, -0.05) is 35.9 Å². The third kappa shape index (κ3) is 3.24. The fourth-order valence-electron chi connectivity index (χ4n) is 4.01. The van der Waals surface area contributed by atoms with E-state index in [0.29, 0.717) is 6.61 Å². The van der Waals surface area contributed by atoms with Gasteiger partial charge in [-0.25, -0.2) is 4.79 Å². The summed E-state index contributed by atoms with van der Waals surface area (Å²) >= 11 is 0. The van der Waals surface area contributed by atoms with E-state index in [1.165, 1.54) is 27.8 Å². The van der Waals surface area contributed by atoms with Gasteiger partial charge in [-0.2, -0.15) is 0 Å². The standard InChI is InChI=1S/C22H24N2O2/c1-2-26-22(25)24-12-9-16(10-13-24)20-14-17-6-3-4-7-18(17)15-21-19(20)8-5-11-23-21/h3-8,11H,2,9-10,12-15H2,1H3. The summed E-state index contributed by atoms with van der Waals surface area (Å²) in [4.78, 5) is 18.5. The molecule has 0 bridgehead atoms. The second-order valence-corrected chi connectivity index (χ2v) is 6.89. The van der Waals surface area contributed by atoms with Gasteiger partial charge in [0.05, 0.1) is 12.3 Å². The Kier molecular flexibility index (Phi) is 4.74. The number of benzene rings is 1. The number of hydrogen-bond donors (Lipinski definition) is 0. The first-order chi connectivity index (χ1) is 12.8. The van der Waals surface area contributed by atoms with Gasteiger partial charge in [-0.3, -0.25) is 4.98 Å². The molecule has 0 radical (unpaired) electrons. The SMILES string of the molecule is CCOC(=O)N1CCC(=C2Cc3ccccc3Cc3ncccc32)CC1. The predicted octanol–water partition coefficient (Wildman–Crippen LogP) is 4.23. The van der Waals surface area contributed by atoms with Crippen LogP contribution < -0.4 is 0 Å². The number of allylic oxidation sites excluding steroid dienone is 1. The molecule has 1 aromatic carbocycles. The zero-order valence-corrected chi connectivity index (χ0v) is 15.2. The van der Waals surface area contributed by atoms with Crippen LogP contribution in [0.4, 0.5) is 4.79 Å². The van der Waals surface area contributed by atoms with Gasteiger partial charge in [0.1, 0.15) is 0 Å². The van der Waals surface area contributed by atoms with Crippen LogP contribution in [0.25, 0.3) is 5.57 Å². The molecular formula is C22H24N2O2. The molecule has 1 aliphatic carbocycles. The summed E-state index contributed by atoms with van der Waals surface area (Å²) in [5.41, 5.74) is 8.06. The predicted molar refractivity (Wildman–Crippen MR) is 102 cm³/mol. The second kappa shape index (κ2) is 7.32. The Labute approximate surface area is 154 Å². The first kappa shape index (κ1) is 16.8. The van der Waals surface area contributed by atoms with Gasteiger partial charge >= 0.3 is 6.09 Å². The number of ether oxygens (including phenoxy) is 1. The highest BCUT2D eigenvalue weighted by molar-refractivity contribution is 5.75. The fourth-order valence-corrected chi connectivity index (χ4v) is 4.01. The van der Waals surface area contributed by atoms with Gasteiger partial charge in [-0.15, -0.1) is 0 Å². The zero-order valence-electron chi connectivity index (χ0n) is 15.2. The molecule has 4 rings (SSSR count). The van der Waals surface area contributed by atoms with E-state index in [-0.39, 0.29) is 6.09 Å². The fraction of sp³-hybridized carbons (Fsp3) is 0.364. The lowest BCUT2D eigenvalue weighted by atomic mass is 9.89. The number of carbonyl (C=O) groups is 1. The highest BCUT2D eigenvalue weighted by Crippen LogP contribution is 2.35. The molecule has 0 N–H and O–H groups in total. The number of amides is 1. The average molecular weight is 348 g/mol. The monoisotopic (exact) mass is 348 g/mol. The second-order valence-electron chi connectivity index (χ2n) is 6.89. The summed E-state index contributed by atoms with van der Waals surface area (Å²) in [6, 6.07) is 12.9. The van der Waals surface area contributed by atoms with Crippen LogP contribution in [0.2, 0.25) is 0 Å². The Morgan fingerprint density at radius 1 is 1.08 bits per heavy atom. The lowest BCUT2D eigenvalue weighted by Gasteiger charge is -2.29. The van der Waals surface area contributed by atoms with Crippen LogP contribution in [0.1, 0.15) is 42.1 Å². The number of rotatable bonds is 1. The molecule has 0 unspecified atom stereocenters. The summed E-state index contributed by atoms with van der Waals surface area (Å²) in [5.74, 6) is 0. The Hall–Kier alpha value is -2.62. The lowest BCUT2D eigenvalue weighted by molar-refractivity contribution is 0.104. The van der Waals surface area contributed by atoms with Crippen LogP contribution >= 0.6 is 0 Å². The van der Waals surface area contributed by atoms with Crippen molar-refractivity contribution in [2.45, 2.75) is 32.6 Å². The molecule has 4 heteroatoms. The van der Waals surface area contributed by atoms with Crippen LogP contribution in [0.15, 0.2) is 48.2 Å². The van der Waals surface area contributed by atoms with Crippen LogP contribution in [-0.2, 0) is 17.6 Å². The van der Waals surface area contributed by atoms with E-state index in [1.807, 2.05) is 24.1 Å². The van der Waals surface area contributed by atoms with Gasteiger partial charge < -0.3 is 9.64 Å². The molecule has 134 valence electrons. The van der Waals surface area contributed by atoms with Gasteiger partial charge in [0.25, 0.3) is 0 Å². The van der Waals surface area contributed by atoms with Crippen molar-refractivity contribution < 1.29 is 9.53 Å². The number of piperidine rings is 1. The van der Waals surface area contributed by atoms with Crippen molar-refractivity contribution in [1.82, 2.24) is 9.88 Å². The van der Waals surface area contributed by atoms with Gasteiger partial charge in [0.2, 0.25) is 0 Å². The van der Waals surface area contributed by atoms with E-state index in [2.05, 4.69) is 35.3 Å². The van der Waals surface area contributed by atoms with Gasteiger partial charge in [-0.05, 0) is 54.5 Å². The van der Waals surface area contributed by atoms with Crippen LogP contribution in [0.5, 0.6) is 0 Å². The molecule has 0 spiro atoms. The molecule has 1 fully saturated rings. The zero-order chi connectivity index (χ0) is 17.9. The van der Waals surface area contributed by atoms with Crippen molar-refractivity contribution in [3.05, 3.63) is 70.6 Å². The van der Waals surface area contributed by atoms with Crippen molar-refractivity contribution in [3.63, 3.8) is 0 Å². The number of nitrogens with zero attached hydrogens (tertiary/aromatic N) is 2. The topological polar surface area (TPSA) is 42.4 Å². The van der Waals surface area contributed by atoms with Crippen molar-refractivity contribution in [2.24, 2.45) is 0 Å².